The Bertz CT molecular complexity index is 6330. The molecule has 8 nitrogen and oxygen atoms in total. The number of hydrogen-bond acceptors (Lipinski definition) is 4. The van der Waals surface area contributed by atoms with Gasteiger partial charge in [-0.05, 0) is 163 Å². The Kier molecular flexibility index (Phi) is 11.5. The highest BCUT2D eigenvalue weighted by Crippen LogP contribution is 2.51. The molecule has 6 aromatic heterocycles. The van der Waals surface area contributed by atoms with Crippen LogP contribution in [0.25, 0.3) is 133 Å². The van der Waals surface area contributed by atoms with E-state index in [1.165, 1.54) is 87.2 Å². The molecule has 0 N–H and O–H groups in total. The molecule has 4 aliphatic heterocycles. The molecular formula is C95H56B2N6O2. The van der Waals surface area contributed by atoms with Crippen LogP contribution >= 0.6 is 0 Å². The van der Waals surface area contributed by atoms with Crippen molar-refractivity contribution in [3.63, 3.8) is 0 Å². The van der Waals surface area contributed by atoms with Crippen LogP contribution in [0.2, 0.25) is 0 Å². The van der Waals surface area contributed by atoms with Crippen LogP contribution in [0, 0.1) is 0 Å². The van der Waals surface area contributed by atoms with Crippen LogP contribution in [0.5, 0.6) is 23.0 Å². The third-order valence-electron chi connectivity index (χ3n) is 23.5. The van der Waals surface area contributed by atoms with Gasteiger partial charge in [-0.15, -0.1) is 0 Å². The third-order valence-corrected chi connectivity index (χ3v) is 23.5. The summed E-state index contributed by atoms with van der Waals surface area (Å²) in [5, 5.41) is 9.48. The summed E-state index contributed by atoms with van der Waals surface area (Å²) in [6, 6.07) is 124. The lowest BCUT2D eigenvalue weighted by Crippen LogP contribution is -2.69. The minimum Gasteiger partial charge on any atom is -0.458 e. The first-order valence-corrected chi connectivity index (χ1v) is 36.2. The third kappa shape index (κ3) is 7.71. The standard InChI is InChI=1S/C95H56B2N6O2/c1-13-37-77-61(23-1)62-24-2-14-38-78(62)100(77)89-53-59(54-90(98-89)101-79-39-15-3-25-63(79)64-26-4-16-40-80(64)101)57-47-49-75-87(51-57)104-85-45-21-33-71-93(85)96(75)73-35-11-9-31-69(73)95(71)70-32-10-12-36-74(70)97-76-50-48-58(52-88(76)105-86-46-22-34-72(95)94(86)97)60-55-91(102-81-41-17-5-27-65(81)66-28-6-18-42-82(66)102)99-92(56-60)103-83-43-19-7-29-67(83)68-30-8-20-44-84(68)103/h1-56H. The number of pyridine rings is 2. The van der Waals surface area contributed by atoms with Gasteiger partial charge in [-0.3, -0.25) is 18.3 Å². The first kappa shape index (κ1) is 57.0. The molecule has 484 valence electrons. The first-order valence-electron chi connectivity index (χ1n) is 36.2. The van der Waals surface area contributed by atoms with Crippen LogP contribution in [-0.4, -0.2) is 41.7 Å². The molecule has 0 radical (unpaired) electrons. The molecule has 10 heteroatoms. The Balaban J connectivity index is 0.657. The van der Waals surface area contributed by atoms with Crippen LogP contribution in [0.15, 0.2) is 340 Å². The van der Waals surface area contributed by atoms with Crippen LogP contribution < -0.4 is 42.3 Å². The van der Waals surface area contributed by atoms with Crippen LogP contribution in [0.1, 0.15) is 22.3 Å². The van der Waals surface area contributed by atoms with E-state index in [1.54, 1.807) is 0 Å². The van der Waals surface area contributed by atoms with Crippen molar-refractivity contribution in [3.05, 3.63) is 362 Å². The highest BCUT2D eigenvalue weighted by Gasteiger charge is 2.56. The molecule has 24 rings (SSSR count). The quantitative estimate of drug-likeness (QED) is 0.156. The smallest absolute Gasteiger partial charge is 0.251 e. The highest BCUT2D eigenvalue weighted by atomic mass is 16.5. The lowest BCUT2D eigenvalue weighted by molar-refractivity contribution is 0.484. The van der Waals surface area contributed by atoms with Crippen molar-refractivity contribution < 1.29 is 9.47 Å². The van der Waals surface area contributed by atoms with Gasteiger partial charge in [0.05, 0.1) is 49.5 Å². The van der Waals surface area contributed by atoms with Crippen molar-refractivity contribution in [2.24, 2.45) is 0 Å². The fraction of sp³-hybridized carbons (Fsp3) is 0.0105. The van der Waals surface area contributed by atoms with Gasteiger partial charge in [-0.25, -0.2) is 9.97 Å². The molecule has 0 unspecified atom stereocenters. The van der Waals surface area contributed by atoms with Gasteiger partial charge in [0, 0.05) is 43.1 Å². The number of fused-ring (bicyclic) bond motifs is 24. The van der Waals surface area contributed by atoms with Gasteiger partial charge in [0.2, 0.25) is 0 Å². The summed E-state index contributed by atoms with van der Waals surface area (Å²) in [6.45, 7) is -0.262. The van der Waals surface area contributed by atoms with Gasteiger partial charge in [-0.2, -0.15) is 0 Å². The van der Waals surface area contributed by atoms with Crippen molar-refractivity contribution >= 4 is 133 Å². The monoisotopic (exact) mass is 1330 g/mol. The van der Waals surface area contributed by atoms with Crippen LogP contribution in [0.3, 0.4) is 0 Å². The highest BCUT2D eigenvalue weighted by molar-refractivity contribution is 6.99. The maximum absolute atomic E-state index is 7.49. The number of rotatable bonds is 6. The van der Waals surface area contributed by atoms with E-state index in [0.29, 0.717) is 0 Å². The number of para-hydroxylation sites is 8. The summed E-state index contributed by atoms with van der Waals surface area (Å²) in [4.78, 5) is 11.4. The van der Waals surface area contributed by atoms with E-state index in [1.807, 2.05) is 0 Å². The number of aromatic nitrogens is 6. The van der Waals surface area contributed by atoms with E-state index in [2.05, 4.69) is 358 Å². The molecular weight excluding hydrogens is 1280 g/mol. The van der Waals surface area contributed by atoms with Crippen LogP contribution in [-0.2, 0) is 5.41 Å². The Labute approximate surface area is 603 Å². The molecule has 4 aliphatic rings. The molecule has 10 heterocycles. The van der Waals surface area contributed by atoms with Gasteiger partial charge in [-0.1, -0.05) is 254 Å². The maximum atomic E-state index is 7.49. The molecule has 105 heavy (non-hydrogen) atoms. The molecule has 14 aromatic carbocycles. The van der Waals surface area contributed by atoms with Gasteiger partial charge >= 0.3 is 0 Å². The predicted octanol–water partition coefficient (Wildman–Crippen LogP) is 18.5. The fourth-order valence-corrected chi connectivity index (χ4v) is 19.3. The zero-order valence-corrected chi connectivity index (χ0v) is 56.5. The predicted molar refractivity (Wildman–Crippen MR) is 431 cm³/mol. The van der Waals surface area contributed by atoms with E-state index in [0.717, 1.165) is 124 Å². The molecule has 0 atom stereocenters. The van der Waals surface area contributed by atoms with Crippen molar-refractivity contribution in [1.29, 1.82) is 0 Å². The topological polar surface area (TPSA) is 64.0 Å². The number of benzene rings is 14. The second-order valence-electron chi connectivity index (χ2n) is 28.6. The van der Waals surface area contributed by atoms with Crippen molar-refractivity contribution in [3.8, 4) is 68.5 Å². The Morgan fingerprint density at radius 1 is 0.219 bits per heavy atom. The SMILES string of the molecule is c1ccc2c(c1)B1c3ccc(-c4cc(-n5c6ccccc6c6ccccc65)nc(-n5c6ccccc6c6ccccc65)c4)cc3Oc3cccc(c31)C21c2ccccc2B2c3ccc(-c4cc(-n5c6ccccc6c6ccccc65)nc(-n5c6ccccc6c6ccccc65)c4)cc3Oc3cccc1c32. The summed E-state index contributed by atoms with van der Waals surface area (Å²) in [5.41, 5.74) is 24.3. The molecule has 0 bridgehead atoms. The van der Waals surface area contributed by atoms with Gasteiger partial charge in [0.15, 0.2) is 0 Å². The van der Waals surface area contributed by atoms with E-state index < -0.39 is 5.41 Å². The lowest BCUT2D eigenvalue weighted by atomic mass is 9.25. The molecule has 0 saturated heterocycles. The van der Waals surface area contributed by atoms with Gasteiger partial charge < -0.3 is 9.47 Å². The van der Waals surface area contributed by atoms with Crippen molar-refractivity contribution in [1.82, 2.24) is 28.2 Å². The maximum Gasteiger partial charge on any atom is 0.251 e. The Morgan fingerprint density at radius 2 is 0.486 bits per heavy atom. The number of nitrogens with zero attached hydrogens (tertiary/aromatic N) is 6. The van der Waals surface area contributed by atoms with Crippen molar-refractivity contribution in [2.45, 2.75) is 5.41 Å². The molecule has 0 fully saturated rings. The molecule has 1 spiro atoms. The summed E-state index contributed by atoms with van der Waals surface area (Å²) < 4.78 is 24.3. The average molecular weight is 1340 g/mol. The molecule has 0 aliphatic carbocycles. The Hall–Kier alpha value is -13.7. The Morgan fingerprint density at radius 3 is 0.790 bits per heavy atom. The average Bonchev–Trinajstić information content (AvgIpc) is 1.54. The number of ether oxygens (including phenoxy) is 2. The largest absolute Gasteiger partial charge is 0.458 e. The minimum absolute atomic E-state index is 0.131. The van der Waals surface area contributed by atoms with E-state index in [-0.39, 0.29) is 13.4 Å². The minimum atomic E-state index is -0.745. The summed E-state index contributed by atoms with van der Waals surface area (Å²) in [6.07, 6.45) is 0. The van der Waals surface area contributed by atoms with E-state index >= 15 is 0 Å². The summed E-state index contributed by atoms with van der Waals surface area (Å²) in [7, 11) is 0. The van der Waals surface area contributed by atoms with Gasteiger partial charge in [0.25, 0.3) is 13.4 Å². The first-order chi connectivity index (χ1) is 52.1. The molecule has 0 amide bonds. The second kappa shape index (κ2) is 21.2. The summed E-state index contributed by atoms with van der Waals surface area (Å²) >= 11 is 0. The second-order valence-corrected chi connectivity index (χ2v) is 28.6. The molecule has 20 aromatic rings. The van der Waals surface area contributed by atoms with Gasteiger partial charge in [0.1, 0.15) is 46.3 Å². The lowest BCUT2D eigenvalue weighted by Gasteiger charge is -2.51. The zero-order chi connectivity index (χ0) is 68.3. The zero-order valence-electron chi connectivity index (χ0n) is 56.5. The van der Waals surface area contributed by atoms with Crippen molar-refractivity contribution in [2.75, 3.05) is 0 Å². The normalized spacial score (nSPS) is 13.5. The van der Waals surface area contributed by atoms with E-state index in [9.17, 15) is 0 Å². The summed E-state index contributed by atoms with van der Waals surface area (Å²) in [5.74, 6) is 6.73. The van der Waals surface area contributed by atoms with Crippen LogP contribution in [0.4, 0.5) is 0 Å². The molecule has 0 saturated carbocycles. The fourth-order valence-electron chi connectivity index (χ4n) is 19.3. The van der Waals surface area contributed by atoms with E-state index in [4.69, 9.17) is 19.4 Å². The number of hydrogen-bond donors (Lipinski definition) is 0.